The highest BCUT2D eigenvalue weighted by Crippen LogP contribution is 2.29. The molecule has 0 saturated carbocycles. The summed E-state index contributed by atoms with van der Waals surface area (Å²) in [6.07, 6.45) is 3.03. The number of rotatable bonds is 4. The van der Waals surface area contributed by atoms with Crippen molar-refractivity contribution in [3.63, 3.8) is 0 Å². The number of anilines is 1. The predicted molar refractivity (Wildman–Crippen MR) is 97.4 cm³/mol. The lowest BCUT2D eigenvalue weighted by Gasteiger charge is -2.32. The first-order chi connectivity index (χ1) is 12.2. The van der Waals surface area contributed by atoms with Gasteiger partial charge in [-0.1, -0.05) is 18.2 Å². The largest absolute Gasteiger partial charge is 0.384 e. The molecule has 2 aromatic carbocycles. The Bertz CT molecular complexity index is 772. The van der Waals surface area contributed by atoms with Crippen LogP contribution < -0.4 is 5.32 Å². The van der Waals surface area contributed by atoms with E-state index in [4.69, 9.17) is 0 Å². The van der Waals surface area contributed by atoms with Crippen LogP contribution in [0.25, 0.3) is 0 Å². The Kier molecular flexibility index (Phi) is 4.53. The summed E-state index contributed by atoms with van der Waals surface area (Å²) in [5.74, 6) is -0.155. The van der Waals surface area contributed by atoms with Gasteiger partial charge >= 0.3 is 0 Å². The van der Waals surface area contributed by atoms with Crippen LogP contribution in [0.3, 0.4) is 0 Å². The van der Waals surface area contributed by atoms with Crippen LogP contribution in [0.15, 0.2) is 42.5 Å². The number of halogens is 1. The molecule has 2 aliphatic rings. The summed E-state index contributed by atoms with van der Waals surface area (Å²) in [5, 5.41) is 3.49. The monoisotopic (exact) mass is 338 g/mol. The Morgan fingerprint density at radius 1 is 1.20 bits per heavy atom. The Labute approximate surface area is 147 Å². The van der Waals surface area contributed by atoms with E-state index in [2.05, 4.69) is 28.4 Å². The number of likely N-dealkylation sites (tertiary alicyclic amines) is 1. The second-order valence-corrected chi connectivity index (χ2v) is 7.07. The molecule has 0 amide bonds. The molecule has 4 heteroatoms. The lowest BCUT2D eigenvalue weighted by molar-refractivity contribution is 0.0812. The van der Waals surface area contributed by atoms with Crippen LogP contribution in [-0.2, 0) is 13.0 Å². The van der Waals surface area contributed by atoms with Crippen molar-refractivity contribution in [3.05, 3.63) is 65.0 Å². The summed E-state index contributed by atoms with van der Waals surface area (Å²) in [5.41, 5.74) is 4.63. The molecule has 4 rings (SSSR count). The first kappa shape index (κ1) is 16.3. The lowest BCUT2D eigenvalue weighted by atomic mass is 9.89. The maximum absolute atomic E-state index is 13.1. The van der Waals surface area contributed by atoms with Crippen LogP contribution in [0.4, 0.5) is 10.1 Å². The number of carbonyl (C=O) groups is 1. The van der Waals surface area contributed by atoms with Crippen molar-refractivity contribution in [3.8, 4) is 0 Å². The topological polar surface area (TPSA) is 32.3 Å². The summed E-state index contributed by atoms with van der Waals surface area (Å²) in [7, 11) is 0. The quantitative estimate of drug-likeness (QED) is 0.859. The Balaban J connectivity index is 1.45. The smallest absolute Gasteiger partial charge is 0.167 e. The Morgan fingerprint density at radius 3 is 2.88 bits per heavy atom. The number of Topliss-reactive ketones (excluding diaryl/α,β-unsaturated/α-hetero) is 1. The molecule has 0 spiro atoms. The van der Waals surface area contributed by atoms with Crippen LogP contribution in [0.2, 0.25) is 0 Å². The summed E-state index contributed by atoms with van der Waals surface area (Å²) in [6.45, 7) is 3.69. The Morgan fingerprint density at radius 2 is 2.04 bits per heavy atom. The fourth-order valence-corrected chi connectivity index (χ4v) is 4.05. The second kappa shape index (κ2) is 6.96. The van der Waals surface area contributed by atoms with Gasteiger partial charge in [0.15, 0.2) is 5.78 Å². The number of benzene rings is 2. The van der Waals surface area contributed by atoms with E-state index in [1.54, 1.807) is 12.1 Å². The van der Waals surface area contributed by atoms with Gasteiger partial charge in [0.2, 0.25) is 0 Å². The van der Waals surface area contributed by atoms with Crippen LogP contribution >= 0.6 is 0 Å². The zero-order valence-electron chi connectivity index (χ0n) is 14.3. The van der Waals surface area contributed by atoms with E-state index in [9.17, 15) is 9.18 Å². The van der Waals surface area contributed by atoms with E-state index < -0.39 is 0 Å². The number of nitrogens with zero attached hydrogens (tertiary/aromatic N) is 1. The first-order valence-corrected chi connectivity index (χ1v) is 9.07. The SMILES string of the molecule is O=C(c1ccc(F)cc1)C1CCCN(Cc2cccc3c2NCC3)C1. The second-order valence-electron chi connectivity index (χ2n) is 7.07. The number of nitrogens with one attached hydrogen (secondary N) is 1. The summed E-state index contributed by atoms with van der Waals surface area (Å²) in [4.78, 5) is 15.1. The molecule has 0 bridgehead atoms. The number of ketones is 1. The van der Waals surface area contributed by atoms with Crippen molar-refractivity contribution in [2.75, 3.05) is 25.0 Å². The standard InChI is InChI=1S/C21H23FN2O/c22-19-8-6-16(7-9-19)21(25)18-5-2-12-24(14-18)13-17-4-1-3-15-10-11-23-20(15)17/h1,3-4,6-9,18,23H,2,5,10-14H2. The molecule has 1 unspecified atom stereocenters. The van der Waals surface area contributed by atoms with E-state index in [-0.39, 0.29) is 17.5 Å². The Hall–Kier alpha value is -2.20. The van der Waals surface area contributed by atoms with Crippen LogP contribution in [0.5, 0.6) is 0 Å². The van der Waals surface area contributed by atoms with Crippen molar-refractivity contribution in [1.29, 1.82) is 0 Å². The summed E-state index contributed by atoms with van der Waals surface area (Å²) >= 11 is 0. The molecule has 2 heterocycles. The number of fused-ring (bicyclic) bond motifs is 1. The minimum Gasteiger partial charge on any atom is -0.384 e. The number of hydrogen-bond acceptors (Lipinski definition) is 3. The maximum atomic E-state index is 13.1. The van der Waals surface area contributed by atoms with Gasteiger partial charge in [-0.3, -0.25) is 9.69 Å². The van der Waals surface area contributed by atoms with Gasteiger partial charge < -0.3 is 5.32 Å². The molecule has 130 valence electrons. The van der Waals surface area contributed by atoms with Crippen molar-refractivity contribution in [1.82, 2.24) is 4.90 Å². The zero-order chi connectivity index (χ0) is 17.2. The van der Waals surface area contributed by atoms with Gasteiger partial charge in [0.25, 0.3) is 0 Å². The molecule has 0 aliphatic carbocycles. The maximum Gasteiger partial charge on any atom is 0.167 e. The van der Waals surface area contributed by atoms with Crippen LogP contribution in [0, 0.1) is 11.7 Å². The van der Waals surface area contributed by atoms with E-state index in [0.717, 1.165) is 45.4 Å². The molecule has 3 nitrogen and oxygen atoms in total. The van der Waals surface area contributed by atoms with Gasteiger partial charge in [-0.2, -0.15) is 0 Å². The van der Waals surface area contributed by atoms with E-state index >= 15 is 0 Å². The zero-order valence-corrected chi connectivity index (χ0v) is 14.3. The first-order valence-electron chi connectivity index (χ1n) is 9.07. The van der Waals surface area contributed by atoms with Gasteiger partial charge in [0, 0.05) is 36.8 Å². The average molecular weight is 338 g/mol. The molecule has 2 aromatic rings. The van der Waals surface area contributed by atoms with Gasteiger partial charge in [-0.05, 0) is 61.2 Å². The molecule has 1 atom stereocenters. The lowest BCUT2D eigenvalue weighted by Crippen LogP contribution is -2.38. The number of hydrogen-bond donors (Lipinski definition) is 1. The molecule has 1 fully saturated rings. The molecule has 2 aliphatic heterocycles. The number of para-hydroxylation sites is 1. The van der Waals surface area contributed by atoms with E-state index in [0.29, 0.717) is 5.56 Å². The number of piperidine rings is 1. The van der Waals surface area contributed by atoms with E-state index in [1.807, 2.05) is 0 Å². The van der Waals surface area contributed by atoms with Gasteiger partial charge in [-0.25, -0.2) is 4.39 Å². The molecule has 0 aromatic heterocycles. The van der Waals surface area contributed by atoms with Crippen molar-refractivity contribution in [2.45, 2.75) is 25.8 Å². The molecule has 1 N–H and O–H groups in total. The van der Waals surface area contributed by atoms with Crippen LogP contribution in [0.1, 0.15) is 34.3 Å². The third-order valence-corrected chi connectivity index (χ3v) is 5.33. The minimum atomic E-state index is -0.299. The molecule has 0 radical (unpaired) electrons. The fraction of sp³-hybridized carbons (Fsp3) is 0.381. The van der Waals surface area contributed by atoms with Gasteiger partial charge in [0.05, 0.1) is 0 Å². The molecule has 25 heavy (non-hydrogen) atoms. The highest BCUT2D eigenvalue weighted by molar-refractivity contribution is 5.98. The van der Waals surface area contributed by atoms with Crippen molar-refractivity contribution < 1.29 is 9.18 Å². The third kappa shape index (κ3) is 3.45. The third-order valence-electron chi connectivity index (χ3n) is 5.33. The van der Waals surface area contributed by atoms with Crippen LogP contribution in [-0.4, -0.2) is 30.3 Å². The van der Waals surface area contributed by atoms with Crippen molar-refractivity contribution >= 4 is 11.5 Å². The molecule has 1 saturated heterocycles. The van der Waals surface area contributed by atoms with Crippen molar-refractivity contribution in [2.24, 2.45) is 5.92 Å². The highest BCUT2D eigenvalue weighted by atomic mass is 19.1. The van der Waals surface area contributed by atoms with Gasteiger partial charge in [-0.15, -0.1) is 0 Å². The predicted octanol–water partition coefficient (Wildman–Crippen LogP) is 3.89. The fourth-order valence-electron chi connectivity index (χ4n) is 4.05. The minimum absolute atomic E-state index is 0.00364. The number of carbonyl (C=O) groups excluding carboxylic acids is 1. The highest BCUT2D eigenvalue weighted by Gasteiger charge is 2.27. The van der Waals surface area contributed by atoms with E-state index in [1.165, 1.54) is 28.9 Å². The normalized spacial score (nSPS) is 20.1. The summed E-state index contributed by atoms with van der Waals surface area (Å²) in [6, 6.07) is 12.4. The molecular formula is C21H23FN2O. The average Bonchev–Trinajstić information content (AvgIpc) is 3.12. The summed E-state index contributed by atoms with van der Waals surface area (Å²) < 4.78 is 13.1. The molecular weight excluding hydrogens is 315 g/mol. The van der Waals surface area contributed by atoms with Gasteiger partial charge in [0.1, 0.15) is 5.82 Å².